The third-order valence-corrected chi connectivity index (χ3v) is 5.39. The number of rotatable bonds is 5. The fourth-order valence-electron chi connectivity index (χ4n) is 3.73. The SMILES string of the molecule is CCNC(=NCCC1CCN(C)CC1)N1CC(C)C(C(=O)OC)C1.I. The minimum atomic E-state index is -0.104. The number of esters is 1. The smallest absolute Gasteiger partial charge is 0.310 e. The highest BCUT2D eigenvalue weighted by molar-refractivity contribution is 14.0. The Morgan fingerprint density at radius 1 is 1.28 bits per heavy atom. The van der Waals surface area contributed by atoms with Crippen LogP contribution in [0, 0.1) is 17.8 Å². The molecule has 2 aliphatic rings. The number of guanidine groups is 1. The van der Waals surface area contributed by atoms with Crippen molar-refractivity contribution in [1.82, 2.24) is 15.1 Å². The maximum atomic E-state index is 11.9. The van der Waals surface area contributed by atoms with Crippen LogP contribution in [0.2, 0.25) is 0 Å². The van der Waals surface area contributed by atoms with E-state index in [1.54, 1.807) is 0 Å². The van der Waals surface area contributed by atoms with Crippen LogP contribution in [-0.4, -0.2) is 75.2 Å². The average Bonchev–Trinajstić information content (AvgIpc) is 2.97. The van der Waals surface area contributed by atoms with Gasteiger partial charge in [0.1, 0.15) is 0 Å². The van der Waals surface area contributed by atoms with Crippen LogP contribution in [0.25, 0.3) is 0 Å². The molecular weight excluding hydrogens is 431 g/mol. The molecule has 2 atom stereocenters. The maximum absolute atomic E-state index is 11.9. The lowest BCUT2D eigenvalue weighted by Gasteiger charge is -2.28. The van der Waals surface area contributed by atoms with E-state index in [-0.39, 0.29) is 35.9 Å². The maximum Gasteiger partial charge on any atom is 0.310 e. The molecule has 0 aromatic rings. The molecule has 0 amide bonds. The molecule has 25 heavy (non-hydrogen) atoms. The second-order valence-corrected chi connectivity index (χ2v) is 7.28. The van der Waals surface area contributed by atoms with Gasteiger partial charge in [-0.1, -0.05) is 6.92 Å². The molecule has 146 valence electrons. The van der Waals surface area contributed by atoms with Crippen molar-refractivity contribution in [2.24, 2.45) is 22.7 Å². The van der Waals surface area contributed by atoms with E-state index in [0.29, 0.717) is 12.5 Å². The first-order valence-electron chi connectivity index (χ1n) is 9.34. The van der Waals surface area contributed by atoms with Gasteiger partial charge in [0.2, 0.25) is 0 Å². The third kappa shape index (κ3) is 6.58. The van der Waals surface area contributed by atoms with Gasteiger partial charge in [-0.05, 0) is 58.2 Å². The first-order valence-corrected chi connectivity index (χ1v) is 9.34. The predicted octanol–water partition coefficient (Wildman–Crippen LogP) is 2.04. The zero-order valence-electron chi connectivity index (χ0n) is 16.2. The Morgan fingerprint density at radius 2 is 1.96 bits per heavy atom. The van der Waals surface area contributed by atoms with Gasteiger partial charge in [-0.15, -0.1) is 24.0 Å². The minimum absolute atomic E-state index is 0. The summed E-state index contributed by atoms with van der Waals surface area (Å²) in [5.74, 6) is 1.90. The summed E-state index contributed by atoms with van der Waals surface area (Å²) in [5, 5.41) is 3.38. The van der Waals surface area contributed by atoms with E-state index in [1.807, 2.05) is 0 Å². The number of nitrogens with one attached hydrogen (secondary N) is 1. The summed E-state index contributed by atoms with van der Waals surface area (Å²) in [4.78, 5) is 21.3. The molecule has 0 spiro atoms. The zero-order chi connectivity index (χ0) is 17.5. The Labute approximate surface area is 169 Å². The molecule has 0 aromatic heterocycles. The highest BCUT2D eigenvalue weighted by atomic mass is 127. The van der Waals surface area contributed by atoms with Crippen LogP contribution in [-0.2, 0) is 9.53 Å². The molecule has 6 nitrogen and oxygen atoms in total. The van der Waals surface area contributed by atoms with Crippen molar-refractivity contribution in [2.45, 2.75) is 33.1 Å². The second kappa shape index (κ2) is 11.2. The van der Waals surface area contributed by atoms with E-state index in [9.17, 15) is 4.79 Å². The van der Waals surface area contributed by atoms with Gasteiger partial charge in [0, 0.05) is 26.2 Å². The number of carbonyl (C=O) groups is 1. The van der Waals surface area contributed by atoms with Crippen LogP contribution in [0.4, 0.5) is 0 Å². The van der Waals surface area contributed by atoms with Crippen LogP contribution in [0.1, 0.15) is 33.1 Å². The Hall–Kier alpha value is -0.570. The first-order chi connectivity index (χ1) is 11.5. The molecule has 0 aromatic carbocycles. The number of methoxy groups -OCH3 is 1. The van der Waals surface area contributed by atoms with Crippen molar-refractivity contribution in [3.05, 3.63) is 0 Å². The van der Waals surface area contributed by atoms with E-state index >= 15 is 0 Å². The van der Waals surface area contributed by atoms with Gasteiger partial charge in [0.05, 0.1) is 13.0 Å². The first kappa shape index (κ1) is 22.5. The molecule has 1 N–H and O–H groups in total. The van der Waals surface area contributed by atoms with Gasteiger partial charge >= 0.3 is 5.97 Å². The normalized spacial score (nSPS) is 25.6. The number of ether oxygens (including phenoxy) is 1. The van der Waals surface area contributed by atoms with E-state index in [2.05, 4.69) is 36.0 Å². The van der Waals surface area contributed by atoms with E-state index in [0.717, 1.165) is 37.9 Å². The number of halogens is 1. The number of nitrogens with zero attached hydrogens (tertiary/aromatic N) is 3. The van der Waals surface area contributed by atoms with Gasteiger partial charge in [0.25, 0.3) is 0 Å². The summed E-state index contributed by atoms with van der Waals surface area (Å²) in [6.07, 6.45) is 3.73. The lowest BCUT2D eigenvalue weighted by Crippen LogP contribution is -2.40. The standard InChI is InChI=1S/C18H34N4O2.HI/c1-5-19-18(20-9-6-15-7-10-21(3)11-8-15)22-12-14(2)16(13-22)17(23)24-4;/h14-16H,5-13H2,1-4H3,(H,19,20);1H. The zero-order valence-corrected chi connectivity index (χ0v) is 18.5. The number of hydrogen-bond donors (Lipinski definition) is 1. The second-order valence-electron chi connectivity index (χ2n) is 7.28. The van der Waals surface area contributed by atoms with E-state index < -0.39 is 0 Å². The summed E-state index contributed by atoms with van der Waals surface area (Å²) >= 11 is 0. The predicted molar refractivity (Wildman–Crippen MR) is 112 cm³/mol. The number of likely N-dealkylation sites (tertiary alicyclic amines) is 2. The molecule has 0 aliphatic carbocycles. The number of piperidine rings is 1. The minimum Gasteiger partial charge on any atom is -0.469 e. The molecule has 7 heteroatoms. The molecular formula is C18H35IN4O2. The molecule has 2 heterocycles. The summed E-state index contributed by atoms with van der Waals surface area (Å²) in [5.41, 5.74) is 0. The van der Waals surface area contributed by atoms with Crippen LogP contribution in [0.5, 0.6) is 0 Å². The quantitative estimate of drug-likeness (QED) is 0.291. The third-order valence-electron chi connectivity index (χ3n) is 5.39. The molecule has 2 rings (SSSR count). The van der Waals surface area contributed by atoms with Crippen molar-refractivity contribution in [2.75, 3.05) is 53.4 Å². The van der Waals surface area contributed by atoms with Crippen LogP contribution in [0.3, 0.4) is 0 Å². The van der Waals surface area contributed by atoms with Crippen molar-refractivity contribution >= 4 is 35.9 Å². The molecule has 2 unspecified atom stereocenters. The average molecular weight is 466 g/mol. The van der Waals surface area contributed by atoms with Gasteiger partial charge in [-0.2, -0.15) is 0 Å². The highest BCUT2D eigenvalue weighted by Crippen LogP contribution is 2.24. The van der Waals surface area contributed by atoms with Gasteiger partial charge in [-0.3, -0.25) is 9.79 Å². The fraction of sp³-hybridized carbons (Fsp3) is 0.889. The van der Waals surface area contributed by atoms with Gasteiger partial charge in [-0.25, -0.2) is 0 Å². The van der Waals surface area contributed by atoms with Crippen molar-refractivity contribution in [3.63, 3.8) is 0 Å². The Kier molecular flexibility index (Phi) is 10.1. The lowest BCUT2D eigenvalue weighted by atomic mass is 9.94. The van der Waals surface area contributed by atoms with E-state index in [4.69, 9.17) is 9.73 Å². The molecule has 2 fully saturated rings. The summed E-state index contributed by atoms with van der Waals surface area (Å²) in [6, 6.07) is 0. The van der Waals surface area contributed by atoms with Gasteiger partial charge < -0.3 is 19.9 Å². The van der Waals surface area contributed by atoms with E-state index in [1.165, 1.54) is 33.0 Å². The molecule has 0 radical (unpaired) electrons. The molecule has 0 saturated carbocycles. The van der Waals surface area contributed by atoms with Crippen LogP contribution in [0.15, 0.2) is 4.99 Å². The number of aliphatic imine (C=N–C) groups is 1. The van der Waals surface area contributed by atoms with Gasteiger partial charge in [0.15, 0.2) is 5.96 Å². The summed E-state index contributed by atoms with van der Waals surface area (Å²) in [6.45, 7) is 9.89. The fourth-order valence-corrected chi connectivity index (χ4v) is 3.73. The molecule has 2 saturated heterocycles. The summed E-state index contributed by atoms with van der Waals surface area (Å²) < 4.78 is 4.93. The highest BCUT2D eigenvalue weighted by Gasteiger charge is 2.36. The van der Waals surface area contributed by atoms with Crippen LogP contribution < -0.4 is 5.32 Å². The lowest BCUT2D eigenvalue weighted by molar-refractivity contribution is -0.145. The Bertz CT molecular complexity index is 439. The van der Waals surface area contributed by atoms with Crippen LogP contribution >= 0.6 is 24.0 Å². The Morgan fingerprint density at radius 3 is 2.56 bits per heavy atom. The topological polar surface area (TPSA) is 57.2 Å². The number of hydrogen-bond acceptors (Lipinski definition) is 4. The summed E-state index contributed by atoms with van der Waals surface area (Å²) in [7, 11) is 3.67. The number of carbonyl (C=O) groups excluding carboxylic acids is 1. The molecule has 0 bridgehead atoms. The van der Waals surface area contributed by atoms with Crippen molar-refractivity contribution < 1.29 is 9.53 Å². The van der Waals surface area contributed by atoms with Crippen molar-refractivity contribution in [3.8, 4) is 0 Å². The monoisotopic (exact) mass is 466 g/mol. The Balaban J connectivity index is 0.00000312. The largest absolute Gasteiger partial charge is 0.469 e. The molecule has 2 aliphatic heterocycles. The van der Waals surface area contributed by atoms with Crippen molar-refractivity contribution in [1.29, 1.82) is 0 Å².